The molecule has 1 saturated heterocycles. The second kappa shape index (κ2) is 4.91. The Morgan fingerprint density at radius 1 is 1.53 bits per heavy atom. The number of hydrogen-bond donors (Lipinski definition) is 2. The van der Waals surface area contributed by atoms with Crippen molar-refractivity contribution in [3.63, 3.8) is 0 Å². The summed E-state index contributed by atoms with van der Waals surface area (Å²) in [6.07, 6.45) is 1.46. The summed E-state index contributed by atoms with van der Waals surface area (Å²) >= 11 is 0. The van der Waals surface area contributed by atoms with Gasteiger partial charge in [0.2, 0.25) is 10.0 Å². The van der Waals surface area contributed by atoms with Gasteiger partial charge in [0.15, 0.2) is 0 Å². The first-order valence-corrected chi connectivity index (χ1v) is 6.55. The summed E-state index contributed by atoms with van der Waals surface area (Å²) < 4.78 is 21.4. The van der Waals surface area contributed by atoms with Crippen molar-refractivity contribution in [1.29, 1.82) is 0 Å². The maximum Gasteiger partial charge on any atom is 0.307 e. The highest BCUT2D eigenvalue weighted by atomic mass is 32.2. The van der Waals surface area contributed by atoms with E-state index in [1.54, 1.807) is 0 Å². The van der Waals surface area contributed by atoms with Gasteiger partial charge < -0.3 is 10.0 Å². The van der Waals surface area contributed by atoms with Crippen molar-refractivity contribution in [3.8, 4) is 0 Å². The number of nitrogens with two attached hydrogens (primary N) is 1. The Labute approximate surface area is 89.1 Å². The molecule has 0 aromatic heterocycles. The first kappa shape index (κ1) is 12.4. The Bertz CT molecular complexity index is 328. The van der Waals surface area contributed by atoms with Crippen molar-refractivity contribution in [3.05, 3.63) is 0 Å². The molecule has 1 aliphatic rings. The molecule has 1 fully saturated rings. The molecule has 6 nitrogen and oxygen atoms in total. The van der Waals surface area contributed by atoms with Gasteiger partial charge >= 0.3 is 5.97 Å². The van der Waals surface area contributed by atoms with Crippen LogP contribution in [0.25, 0.3) is 0 Å². The zero-order valence-corrected chi connectivity index (χ0v) is 9.24. The molecule has 1 rings (SSSR count). The van der Waals surface area contributed by atoms with E-state index in [0.29, 0.717) is 19.5 Å². The third kappa shape index (κ3) is 4.59. The monoisotopic (exact) mass is 236 g/mol. The van der Waals surface area contributed by atoms with Crippen molar-refractivity contribution in [2.45, 2.75) is 12.8 Å². The molecule has 0 aromatic rings. The van der Waals surface area contributed by atoms with Gasteiger partial charge in [-0.1, -0.05) is 0 Å². The van der Waals surface area contributed by atoms with Crippen molar-refractivity contribution >= 4 is 16.0 Å². The summed E-state index contributed by atoms with van der Waals surface area (Å²) in [5.41, 5.74) is 0. The number of nitrogens with zero attached hydrogens (tertiary/aromatic N) is 1. The molecular weight excluding hydrogens is 220 g/mol. The number of carbonyl (C=O) groups is 1. The van der Waals surface area contributed by atoms with E-state index in [9.17, 15) is 13.2 Å². The number of hydrogen-bond acceptors (Lipinski definition) is 4. The molecular formula is C8H16N2O4S. The summed E-state index contributed by atoms with van der Waals surface area (Å²) in [6.45, 7) is 1.49. The Balaban J connectivity index is 2.40. The van der Waals surface area contributed by atoms with Crippen LogP contribution < -0.4 is 5.14 Å². The van der Waals surface area contributed by atoms with E-state index in [4.69, 9.17) is 10.2 Å². The molecule has 7 heteroatoms. The van der Waals surface area contributed by atoms with Crippen molar-refractivity contribution in [2.75, 3.05) is 25.4 Å². The van der Waals surface area contributed by atoms with Crippen LogP contribution in [0.15, 0.2) is 0 Å². The van der Waals surface area contributed by atoms with Crippen LogP contribution in [0.1, 0.15) is 12.8 Å². The number of piperidine rings is 1. The van der Waals surface area contributed by atoms with Gasteiger partial charge in [0.05, 0.1) is 11.7 Å². The number of carboxylic acids is 1. The van der Waals surface area contributed by atoms with Crippen molar-refractivity contribution < 1.29 is 18.3 Å². The van der Waals surface area contributed by atoms with Crippen LogP contribution >= 0.6 is 0 Å². The summed E-state index contributed by atoms with van der Waals surface area (Å²) in [5, 5.41) is 13.7. The fraction of sp³-hybridized carbons (Fsp3) is 0.875. The third-order valence-electron chi connectivity index (χ3n) is 2.55. The first-order chi connectivity index (χ1) is 6.88. The third-order valence-corrected chi connectivity index (χ3v) is 3.30. The number of likely N-dealkylation sites (tertiary alicyclic amines) is 1. The van der Waals surface area contributed by atoms with Crippen LogP contribution in [0.5, 0.6) is 0 Å². The molecule has 0 aromatic carbocycles. The molecule has 88 valence electrons. The fourth-order valence-electron chi connectivity index (χ4n) is 1.72. The van der Waals surface area contributed by atoms with Crippen LogP contribution in [0.2, 0.25) is 0 Å². The summed E-state index contributed by atoms with van der Waals surface area (Å²) in [4.78, 5) is 12.6. The highest BCUT2D eigenvalue weighted by Gasteiger charge is 2.25. The second-order valence-corrected chi connectivity index (χ2v) is 5.58. The highest BCUT2D eigenvalue weighted by Crippen LogP contribution is 2.16. The van der Waals surface area contributed by atoms with Crippen molar-refractivity contribution in [2.24, 2.45) is 11.1 Å². The zero-order valence-electron chi connectivity index (χ0n) is 8.42. The van der Waals surface area contributed by atoms with Crippen LogP contribution in [0.3, 0.4) is 0 Å². The molecule has 0 saturated carbocycles. The summed E-state index contributed by atoms with van der Waals surface area (Å²) in [5.74, 6) is -1.30. The van der Waals surface area contributed by atoms with Gasteiger partial charge in [-0.2, -0.15) is 0 Å². The van der Waals surface area contributed by atoms with Crippen molar-refractivity contribution in [1.82, 2.24) is 4.90 Å². The largest absolute Gasteiger partial charge is 0.481 e. The second-order valence-electron chi connectivity index (χ2n) is 3.84. The fourth-order valence-corrected chi connectivity index (χ4v) is 2.23. The normalized spacial score (nSPS) is 23.9. The Morgan fingerprint density at radius 3 is 2.73 bits per heavy atom. The number of primary sulfonamides is 1. The maximum absolute atomic E-state index is 10.7. The quantitative estimate of drug-likeness (QED) is 0.657. The molecule has 15 heavy (non-hydrogen) atoms. The number of carboxylic acid groups (broad SMARTS) is 1. The molecule has 1 heterocycles. The summed E-state index contributed by atoms with van der Waals surface area (Å²) in [7, 11) is -3.45. The average Bonchev–Trinajstić information content (AvgIpc) is 2.14. The van der Waals surface area contributed by atoms with Gasteiger partial charge in [0.25, 0.3) is 0 Å². The minimum absolute atomic E-state index is 0.112. The van der Waals surface area contributed by atoms with E-state index in [0.717, 1.165) is 13.0 Å². The van der Waals surface area contributed by atoms with E-state index in [-0.39, 0.29) is 11.7 Å². The number of sulfonamides is 1. The van der Waals surface area contributed by atoms with Gasteiger partial charge in [0.1, 0.15) is 0 Å². The lowest BCUT2D eigenvalue weighted by Crippen LogP contribution is -2.41. The van der Waals surface area contributed by atoms with E-state index in [2.05, 4.69) is 0 Å². The smallest absolute Gasteiger partial charge is 0.307 e. The Kier molecular flexibility index (Phi) is 4.06. The van der Waals surface area contributed by atoms with Gasteiger partial charge in [-0.3, -0.25) is 4.79 Å². The zero-order chi connectivity index (χ0) is 11.5. The molecule has 1 atom stereocenters. The Hall–Kier alpha value is -0.660. The molecule has 0 spiro atoms. The van der Waals surface area contributed by atoms with Gasteiger partial charge in [-0.05, 0) is 19.4 Å². The first-order valence-electron chi connectivity index (χ1n) is 4.84. The number of aliphatic carboxylic acids is 1. The lowest BCUT2D eigenvalue weighted by molar-refractivity contribution is -0.143. The molecule has 0 aliphatic carbocycles. The van der Waals surface area contributed by atoms with Crippen LogP contribution in [0, 0.1) is 5.92 Å². The minimum atomic E-state index is -3.45. The van der Waals surface area contributed by atoms with Crippen LogP contribution in [-0.2, 0) is 14.8 Å². The van der Waals surface area contributed by atoms with E-state index in [1.165, 1.54) is 0 Å². The van der Waals surface area contributed by atoms with Crippen LogP contribution in [0.4, 0.5) is 0 Å². The SMILES string of the molecule is NS(=O)(=O)CCN1CCCC(C(=O)O)C1. The number of rotatable bonds is 4. The van der Waals surface area contributed by atoms with Gasteiger partial charge in [-0.25, -0.2) is 13.6 Å². The van der Waals surface area contributed by atoms with Gasteiger partial charge in [-0.15, -0.1) is 0 Å². The van der Waals surface area contributed by atoms with Crippen LogP contribution in [-0.4, -0.2) is 49.8 Å². The maximum atomic E-state index is 10.7. The molecule has 0 radical (unpaired) electrons. The van der Waals surface area contributed by atoms with E-state index >= 15 is 0 Å². The highest BCUT2D eigenvalue weighted by molar-refractivity contribution is 7.89. The average molecular weight is 236 g/mol. The lowest BCUT2D eigenvalue weighted by Gasteiger charge is -2.30. The Morgan fingerprint density at radius 2 is 2.20 bits per heavy atom. The topological polar surface area (TPSA) is 101 Å². The minimum Gasteiger partial charge on any atom is -0.481 e. The van der Waals surface area contributed by atoms with Gasteiger partial charge in [0, 0.05) is 13.1 Å². The lowest BCUT2D eigenvalue weighted by atomic mass is 9.98. The molecule has 1 unspecified atom stereocenters. The summed E-state index contributed by atoms with van der Waals surface area (Å²) in [6, 6.07) is 0. The molecule has 1 aliphatic heterocycles. The molecule has 0 bridgehead atoms. The molecule has 0 amide bonds. The van der Waals surface area contributed by atoms with E-state index < -0.39 is 16.0 Å². The van der Waals surface area contributed by atoms with E-state index in [1.807, 2.05) is 4.90 Å². The molecule has 3 N–H and O–H groups in total. The standard InChI is InChI=1S/C8H16N2O4S/c9-15(13,14)5-4-10-3-1-2-7(6-10)8(11)12/h7H,1-6H2,(H,11,12)(H2,9,13,14). The predicted molar refractivity (Wildman–Crippen MR) is 54.8 cm³/mol. The predicted octanol–water partition coefficient (Wildman–Crippen LogP) is -0.928.